The van der Waals surface area contributed by atoms with E-state index >= 15 is 0 Å². The fourth-order valence-corrected chi connectivity index (χ4v) is 0.763. The molecule has 0 aromatic rings. The summed E-state index contributed by atoms with van der Waals surface area (Å²) in [5.41, 5.74) is 0. The zero-order valence-corrected chi connectivity index (χ0v) is 13.7. The molecule has 0 heterocycles. The van der Waals surface area contributed by atoms with Crippen molar-refractivity contribution in [3.8, 4) is 0 Å². The van der Waals surface area contributed by atoms with Crippen molar-refractivity contribution in [2.75, 3.05) is 0 Å². The van der Waals surface area contributed by atoms with Crippen LogP contribution in [0, 0.1) is 6.92 Å². The van der Waals surface area contributed by atoms with E-state index in [1.54, 1.807) is 0 Å². The second kappa shape index (κ2) is 15.6. The summed E-state index contributed by atoms with van der Waals surface area (Å²) in [5.74, 6) is 0. The molecule has 0 bridgehead atoms. The molecule has 0 radical (unpaired) electrons. The molecule has 0 unspecified atom stereocenters. The fourth-order valence-electron chi connectivity index (χ4n) is 0.763. The van der Waals surface area contributed by atoms with Crippen molar-refractivity contribution in [1.29, 1.82) is 0 Å². The Morgan fingerprint density at radius 2 is 1.06 bits per heavy atom. The third kappa shape index (κ3) is 21.8. The molecule has 3 nitrogen and oxygen atoms in total. The maximum absolute atomic E-state index is 5.43. The Hall–Kier alpha value is 0.542. The van der Waals surface area contributed by atoms with Crippen LogP contribution in [-0.2, 0) is 14.0 Å². The average Bonchev–Trinajstić information content (AvgIpc) is 2.14. The van der Waals surface area contributed by atoms with Crippen molar-refractivity contribution < 1.29 is 32.8 Å². The van der Waals surface area contributed by atoms with E-state index < -0.39 is 7.32 Å². The van der Waals surface area contributed by atoms with Gasteiger partial charge in [-0.1, -0.05) is 13.3 Å². The van der Waals surface area contributed by atoms with Gasteiger partial charge in [-0.3, -0.25) is 0 Å². The summed E-state index contributed by atoms with van der Waals surface area (Å²) in [4.78, 5) is 0. The maximum Gasteiger partial charge on any atom is 1.00 e. The summed E-state index contributed by atoms with van der Waals surface area (Å²) < 4.78 is 16.3. The molecule has 0 aromatic carbocycles. The van der Waals surface area contributed by atoms with E-state index in [0.29, 0.717) is 0 Å². The van der Waals surface area contributed by atoms with Crippen molar-refractivity contribution in [3.05, 3.63) is 6.92 Å². The molecule has 0 aromatic heterocycles. The predicted molar refractivity (Wildman–Crippen MR) is 74.7 cm³/mol. The molecule has 0 N–H and O–H groups in total. The molecule has 104 valence electrons. The predicted octanol–water partition coefficient (Wildman–Crippen LogP) is 0.871. The molecule has 0 saturated carbocycles. The molecule has 0 aliphatic carbocycles. The Morgan fingerprint density at radius 1 is 0.833 bits per heavy atom. The quantitative estimate of drug-likeness (QED) is 0.497. The van der Waals surface area contributed by atoms with E-state index in [9.17, 15) is 0 Å². The van der Waals surface area contributed by atoms with Gasteiger partial charge in [-0.2, -0.15) is 6.42 Å². The van der Waals surface area contributed by atoms with Crippen molar-refractivity contribution in [2.24, 2.45) is 0 Å². The van der Waals surface area contributed by atoms with Gasteiger partial charge in [0, 0.05) is 18.3 Å². The molecular formula is C13H30BLiO3. The molecule has 5 heteroatoms. The van der Waals surface area contributed by atoms with Gasteiger partial charge in [-0.15, -0.1) is 0 Å². The van der Waals surface area contributed by atoms with Gasteiger partial charge in [-0.05, 0) is 41.5 Å². The summed E-state index contributed by atoms with van der Waals surface area (Å²) in [6.07, 6.45) is 2.62. The van der Waals surface area contributed by atoms with Crippen LogP contribution in [0.2, 0.25) is 0 Å². The van der Waals surface area contributed by atoms with Crippen LogP contribution >= 0.6 is 0 Å². The molecule has 0 rings (SSSR count). The monoisotopic (exact) mass is 252 g/mol. The minimum Gasteiger partial charge on any atom is -0.384 e. The summed E-state index contributed by atoms with van der Waals surface area (Å²) in [7, 11) is -0.542. The van der Waals surface area contributed by atoms with Crippen LogP contribution in [0.4, 0.5) is 0 Å². The first-order valence-corrected chi connectivity index (χ1v) is 6.59. The maximum atomic E-state index is 5.43. The number of hydrogen-bond donors (Lipinski definition) is 0. The average molecular weight is 252 g/mol. The summed E-state index contributed by atoms with van der Waals surface area (Å²) in [6.45, 7) is 17.5. The number of unbranched alkanes of at least 4 members (excludes halogenated alkanes) is 1. The first-order chi connectivity index (χ1) is 7.83. The molecule has 0 aliphatic rings. The Morgan fingerprint density at radius 3 is 1.17 bits per heavy atom. The van der Waals surface area contributed by atoms with Crippen molar-refractivity contribution in [3.63, 3.8) is 0 Å². The normalized spacial score (nSPS) is 10.2. The van der Waals surface area contributed by atoms with Gasteiger partial charge < -0.3 is 20.9 Å². The third-order valence-electron chi connectivity index (χ3n) is 1.50. The largest absolute Gasteiger partial charge is 1.00 e. The van der Waals surface area contributed by atoms with Crippen molar-refractivity contribution in [1.82, 2.24) is 0 Å². The second-order valence-corrected chi connectivity index (χ2v) is 4.70. The smallest absolute Gasteiger partial charge is 0.384 e. The Labute approximate surface area is 127 Å². The van der Waals surface area contributed by atoms with Gasteiger partial charge in [0.15, 0.2) is 0 Å². The first-order valence-electron chi connectivity index (χ1n) is 6.59. The zero-order valence-electron chi connectivity index (χ0n) is 13.7. The van der Waals surface area contributed by atoms with Gasteiger partial charge in [0.25, 0.3) is 0 Å². The molecule has 0 saturated heterocycles. The van der Waals surface area contributed by atoms with E-state index in [4.69, 9.17) is 14.0 Å². The molecule has 0 amide bonds. The summed E-state index contributed by atoms with van der Waals surface area (Å²) in [5, 5.41) is 0. The standard InChI is InChI=1S/C9H21BO3.C4H9.Li/c1-7(2)11-10(12-8(3)4)13-9(5)6;1-3-4-2;/h7-9H,1-6H3;1,3-4H2,2H3;/q;-1;+1. The van der Waals surface area contributed by atoms with Crippen molar-refractivity contribution in [2.45, 2.75) is 79.6 Å². The second-order valence-electron chi connectivity index (χ2n) is 4.70. The van der Waals surface area contributed by atoms with Crippen LogP contribution in [0.25, 0.3) is 0 Å². The van der Waals surface area contributed by atoms with Crippen LogP contribution in [0.1, 0.15) is 61.3 Å². The molecule has 18 heavy (non-hydrogen) atoms. The Bertz CT molecular complexity index is 129. The SMILES string of the molecule is CC(C)OB(OC(C)C)OC(C)C.[CH2-]CCC.[Li+]. The summed E-state index contributed by atoms with van der Waals surface area (Å²) >= 11 is 0. The number of rotatable bonds is 7. The van der Waals surface area contributed by atoms with Crippen LogP contribution in [0.5, 0.6) is 0 Å². The first kappa shape index (κ1) is 23.6. The van der Waals surface area contributed by atoms with E-state index in [0.717, 1.165) is 6.42 Å². The van der Waals surface area contributed by atoms with Crippen LogP contribution < -0.4 is 18.9 Å². The minimum absolute atomic E-state index is 0. The molecule has 0 aliphatic heterocycles. The molecule has 0 spiro atoms. The van der Waals surface area contributed by atoms with Gasteiger partial charge >= 0.3 is 26.2 Å². The van der Waals surface area contributed by atoms with Gasteiger partial charge in [0.2, 0.25) is 0 Å². The van der Waals surface area contributed by atoms with E-state index in [1.807, 2.05) is 41.5 Å². The van der Waals surface area contributed by atoms with Crippen LogP contribution in [0.15, 0.2) is 0 Å². The van der Waals surface area contributed by atoms with Crippen LogP contribution in [0.3, 0.4) is 0 Å². The van der Waals surface area contributed by atoms with E-state index in [2.05, 4.69) is 13.8 Å². The topological polar surface area (TPSA) is 27.7 Å². The van der Waals surface area contributed by atoms with E-state index in [-0.39, 0.29) is 37.2 Å². The molecule has 0 fully saturated rings. The molecular weight excluding hydrogens is 222 g/mol. The summed E-state index contributed by atoms with van der Waals surface area (Å²) in [6, 6.07) is 0. The van der Waals surface area contributed by atoms with Crippen molar-refractivity contribution >= 4 is 7.32 Å². The van der Waals surface area contributed by atoms with Gasteiger partial charge in [0.1, 0.15) is 0 Å². The Kier molecular flexibility index (Phi) is 20.5. The fraction of sp³-hybridized carbons (Fsp3) is 0.923. The minimum atomic E-state index is -0.542. The number of hydrogen-bond acceptors (Lipinski definition) is 3. The van der Waals surface area contributed by atoms with E-state index in [1.165, 1.54) is 6.42 Å². The Balaban J connectivity index is -0.000000392. The van der Waals surface area contributed by atoms with Gasteiger partial charge in [0.05, 0.1) is 0 Å². The third-order valence-corrected chi connectivity index (χ3v) is 1.50. The van der Waals surface area contributed by atoms with Crippen LogP contribution in [-0.4, -0.2) is 25.6 Å². The zero-order chi connectivity index (χ0) is 13.8. The van der Waals surface area contributed by atoms with Gasteiger partial charge in [-0.25, -0.2) is 0 Å². The molecule has 0 atom stereocenters.